The largest absolute Gasteiger partial charge is 0.0925 e. The number of hydrogen-bond donors (Lipinski definition) is 0. The molecule has 0 radical (unpaired) electrons. The van der Waals surface area contributed by atoms with Gasteiger partial charge in [0.25, 0.3) is 0 Å². The van der Waals surface area contributed by atoms with E-state index < -0.39 is 0 Å². The fourth-order valence-electron chi connectivity index (χ4n) is 0.997. The lowest BCUT2D eigenvalue weighted by Gasteiger charge is -2.05. The van der Waals surface area contributed by atoms with Crippen molar-refractivity contribution >= 4 is 15.9 Å². The first-order valence-electron chi connectivity index (χ1n) is 4.37. The van der Waals surface area contributed by atoms with Gasteiger partial charge in [-0.25, -0.2) is 0 Å². The fourth-order valence-corrected chi connectivity index (χ4v) is 1.32. The molecule has 0 heterocycles. The standard InChI is InChI=1S/C9H19Br/c1-3-4-5-6-7-9(2)8-10/h9H,3-8H2,1-2H3/t9-/m1/s1. The summed E-state index contributed by atoms with van der Waals surface area (Å²) in [6, 6.07) is 0. The second-order valence-corrected chi connectivity index (χ2v) is 3.76. The van der Waals surface area contributed by atoms with Crippen LogP contribution in [-0.2, 0) is 0 Å². The summed E-state index contributed by atoms with van der Waals surface area (Å²) in [6.07, 6.45) is 7.00. The van der Waals surface area contributed by atoms with Crippen molar-refractivity contribution in [2.75, 3.05) is 5.33 Å². The van der Waals surface area contributed by atoms with E-state index in [1.807, 2.05) is 0 Å². The summed E-state index contributed by atoms with van der Waals surface area (Å²) >= 11 is 3.48. The molecule has 1 heteroatoms. The van der Waals surface area contributed by atoms with Crippen molar-refractivity contribution in [3.63, 3.8) is 0 Å². The third kappa shape index (κ3) is 6.60. The van der Waals surface area contributed by atoms with Gasteiger partial charge >= 0.3 is 0 Å². The molecule has 0 aliphatic carbocycles. The van der Waals surface area contributed by atoms with E-state index in [4.69, 9.17) is 0 Å². The van der Waals surface area contributed by atoms with E-state index >= 15 is 0 Å². The number of rotatable bonds is 6. The molecule has 0 N–H and O–H groups in total. The van der Waals surface area contributed by atoms with Crippen molar-refractivity contribution in [1.82, 2.24) is 0 Å². The van der Waals surface area contributed by atoms with Gasteiger partial charge in [-0.2, -0.15) is 0 Å². The predicted octanol–water partition coefficient (Wildman–Crippen LogP) is 3.99. The zero-order valence-electron chi connectivity index (χ0n) is 7.20. The molecule has 1 atom stereocenters. The number of hydrogen-bond acceptors (Lipinski definition) is 0. The molecule has 0 saturated carbocycles. The highest BCUT2D eigenvalue weighted by Gasteiger charge is 1.97. The second kappa shape index (κ2) is 7.59. The van der Waals surface area contributed by atoms with Gasteiger partial charge in [-0.3, -0.25) is 0 Å². The topological polar surface area (TPSA) is 0 Å². The van der Waals surface area contributed by atoms with Gasteiger partial charge in [-0.15, -0.1) is 0 Å². The smallest absolute Gasteiger partial charge is 0.00570 e. The van der Waals surface area contributed by atoms with E-state index in [0.717, 1.165) is 5.92 Å². The van der Waals surface area contributed by atoms with E-state index in [1.54, 1.807) is 0 Å². The molecule has 0 fully saturated rings. The normalized spacial score (nSPS) is 13.5. The Morgan fingerprint density at radius 3 is 2.40 bits per heavy atom. The zero-order chi connectivity index (χ0) is 7.82. The van der Waals surface area contributed by atoms with Crippen LogP contribution in [0, 0.1) is 5.92 Å². The summed E-state index contributed by atoms with van der Waals surface area (Å²) in [5.74, 6) is 0.872. The summed E-state index contributed by atoms with van der Waals surface area (Å²) < 4.78 is 0. The van der Waals surface area contributed by atoms with Crippen LogP contribution in [0.4, 0.5) is 0 Å². The number of unbranched alkanes of at least 4 members (excludes halogenated alkanes) is 3. The van der Waals surface area contributed by atoms with Crippen LogP contribution in [0.25, 0.3) is 0 Å². The average Bonchev–Trinajstić information content (AvgIpc) is 1.98. The maximum absolute atomic E-state index is 3.48. The van der Waals surface area contributed by atoms with Gasteiger partial charge in [0.05, 0.1) is 0 Å². The molecule has 0 aromatic heterocycles. The van der Waals surface area contributed by atoms with Gasteiger partial charge in [-0.05, 0) is 12.3 Å². The Morgan fingerprint density at radius 1 is 1.20 bits per heavy atom. The summed E-state index contributed by atoms with van der Waals surface area (Å²) in [7, 11) is 0. The minimum Gasteiger partial charge on any atom is -0.0925 e. The van der Waals surface area contributed by atoms with Gasteiger partial charge in [0, 0.05) is 5.33 Å². The molecule has 0 aromatic rings. The monoisotopic (exact) mass is 206 g/mol. The van der Waals surface area contributed by atoms with Gasteiger partial charge in [-0.1, -0.05) is 55.5 Å². The Hall–Kier alpha value is 0.480. The van der Waals surface area contributed by atoms with Crippen LogP contribution in [0.1, 0.15) is 46.0 Å². The van der Waals surface area contributed by atoms with Crippen LogP contribution in [0.15, 0.2) is 0 Å². The first kappa shape index (κ1) is 10.5. The lowest BCUT2D eigenvalue weighted by atomic mass is 10.0. The maximum Gasteiger partial charge on any atom is 0.00570 e. The predicted molar refractivity (Wildman–Crippen MR) is 51.7 cm³/mol. The van der Waals surface area contributed by atoms with Gasteiger partial charge < -0.3 is 0 Å². The molecule has 0 aliphatic rings. The maximum atomic E-state index is 3.48. The van der Waals surface area contributed by atoms with Crippen LogP contribution >= 0.6 is 15.9 Å². The van der Waals surface area contributed by atoms with Crippen LogP contribution in [0.2, 0.25) is 0 Å². The minimum atomic E-state index is 0.872. The minimum absolute atomic E-state index is 0.872. The summed E-state index contributed by atoms with van der Waals surface area (Å²) in [6.45, 7) is 4.56. The molecule has 0 saturated heterocycles. The van der Waals surface area contributed by atoms with Crippen LogP contribution < -0.4 is 0 Å². The first-order valence-corrected chi connectivity index (χ1v) is 5.49. The number of halogens is 1. The third-order valence-corrected chi connectivity index (χ3v) is 2.92. The van der Waals surface area contributed by atoms with Crippen molar-refractivity contribution in [2.24, 2.45) is 5.92 Å². The Morgan fingerprint density at radius 2 is 1.90 bits per heavy atom. The second-order valence-electron chi connectivity index (χ2n) is 3.11. The highest BCUT2D eigenvalue weighted by Crippen LogP contribution is 2.11. The molecular formula is C9H19Br. The van der Waals surface area contributed by atoms with E-state index in [9.17, 15) is 0 Å². The molecule has 0 aliphatic heterocycles. The molecule has 0 aromatic carbocycles. The Bertz CT molecular complexity index is 61.7. The van der Waals surface area contributed by atoms with Crippen LogP contribution in [-0.4, -0.2) is 5.33 Å². The van der Waals surface area contributed by atoms with Crippen LogP contribution in [0.5, 0.6) is 0 Å². The Kier molecular flexibility index (Phi) is 7.95. The fraction of sp³-hybridized carbons (Fsp3) is 1.00. The highest BCUT2D eigenvalue weighted by molar-refractivity contribution is 9.09. The quantitative estimate of drug-likeness (QED) is 0.456. The molecule has 0 amide bonds. The van der Waals surface area contributed by atoms with Crippen molar-refractivity contribution < 1.29 is 0 Å². The SMILES string of the molecule is CCCCCC[C@@H](C)CBr. The molecule has 0 spiro atoms. The summed E-state index contributed by atoms with van der Waals surface area (Å²) in [5, 5.41) is 1.17. The van der Waals surface area contributed by atoms with E-state index in [2.05, 4.69) is 29.8 Å². The average molecular weight is 207 g/mol. The molecule has 0 nitrogen and oxygen atoms in total. The van der Waals surface area contributed by atoms with Crippen LogP contribution in [0.3, 0.4) is 0 Å². The molecule has 0 bridgehead atoms. The van der Waals surface area contributed by atoms with Gasteiger partial charge in [0.15, 0.2) is 0 Å². The lowest BCUT2D eigenvalue weighted by Crippen LogP contribution is -1.94. The molecule has 0 unspecified atom stereocenters. The summed E-state index contributed by atoms with van der Waals surface area (Å²) in [4.78, 5) is 0. The Balaban J connectivity index is 2.89. The molecular weight excluding hydrogens is 188 g/mol. The zero-order valence-corrected chi connectivity index (χ0v) is 8.78. The van der Waals surface area contributed by atoms with Crippen molar-refractivity contribution in [1.29, 1.82) is 0 Å². The highest BCUT2D eigenvalue weighted by atomic mass is 79.9. The van der Waals surface area contributed by atoms with Gasteiger partial charge in [0.2, 0.25) is 0 Å². The van der Waals surface area contributed by atoms with Crippen molar-refractivity contribution in [3.8, 4) is 0 Å². The molecule has 62 valence electrons. The number of alkyl halides is 1. The van der Waals surface area contributed by atoms with Gasteiger partial charge in [0.1, 0.15) is 0 Å². The van der Waals surface area contributed by atoms with E-state index in [1.165, 1.54) is 37.4 Å². The molecule has 10 heavy (non-hydrogen) atoms. The lowest BCUT2D eigenvalue weighted by molar-refractivity contribution is 0.533. The van der Waals surface area contributed by atoms with Crippen molar-refractivity contribution in [2.45, 2.75) is 46.0 Å². The Labute approximate surface area is 73.5 Å². The third-order valence-electron chi connectivity index (χ3n) is 1.81. The first-order chi connectivity index (χ1) is 4.81. The van der Waals surface area contributed by atoms with Crippen molar-refractivity contribution in [3.05, 3.63) is 0 Å². The van der Waals surface area contributed by atoms with E-state index in [-0.39, 0.29) is 0 Å². The molecule has 0 rings (SSSR count). The summed E-state index contributed by atoms with van der Waals surface area (Å²) in [5.41, 5.74) is 0. The van der Waals surface area contributed by atoms with E-state index in [0.29, 0.717) is 0 Å².